The molecule has 1 amide bonds. The molecule has 21 heteroatoms. The Morgan fingerprint density at radius 3 is 2.01 bits per heavy atom. The quantitative estimate of drug-likeness (QED) is 0.0819. The molecule has 434 valence electrons. The summed E-state index contributed by atoms with van der Waals surface area (Å²) in [6.07, 6.45) is -16.1. The van der Waals surface area contributed by atoms with Crippen LogP contribution in [0.15, 0.2) is 11.6 Å². The second kappa shape index (κ2) is 21.1. The predicted octanol–water partition coefficient (Wildman–Crippen LogP) is 0.803. The fourth-order valence-corrected chi connectivity index (χ4v) is 16.4. The van der Waals surface area contributed by atoms with Gasteiger partial charge < -0.3 is 94.3 Å². The summed E-state index contributed by atoms with van der Waals surface area (Å²) in [6.45, 7) is 19.8. The third-order valence-corrected chi connectivity index (χ3v) is 21.3. The van der Waals surface area contributed by atoms with Crippen molar-refractivity contribution in [1.29, 1.82) is 0 Å². The molecule has 0 aromatic rings. The molecule has 21 nitrogen and oxygen atoms in total. The molecule has 9 aliphatic rings. The first-order valence-corrected chi connectivity index (χ1v) is 27.9. The average Bonchev–Trinajstić information content (AvgIpc) is 3.53. The molecule has 4 saturated heterocycles. The molecular weight excluding hydrogens is 995 g/mol. The summed E-state index contributed by atoms with van der Waals surface area (Å²) in [5.41, 5.74) is -0.558. The number of allylic oxidation sites excluding steroid dienone is 2. The minimum absolute atomic E-state index is 0.0376. The van der Waals surface area contributed by atoms with Gasteiger partial charge >= 0.3 is 5.97 Å². The van der Waals surface area contributed by atoms with Crippen molar-refractivity contribution in [3.05, 3.63) is 11.6 Å². The maximum absolute atomic E-state index is 14.6. The summed E-state index contributed by atoms with van der Waals surface area (Å²) in [6, 6.07) is -1.17. The largest absolute Gasteiger partial charge is 0.432 e. The maximum Gasteiger partial charge on any atom is 0.315 e. The molecule has 27 atom stereocenters. The Morgan fingerprint density at radius 2 is 1.32 bits per heavy atom. The number of carbonyl (C=O) groups is 2. The number of hydrogen-bond acceptors (Lipinski definition) is 20. The zero-order chi connectivity index (χ0) is 55.6. The fourth-order valence-electron chi connectivity index (χ4n) is 16.4. The van der Waals surface area contributed by atoms with Crippen molar-refractivity contribution < 1.29 is 98.5 Å². The van der Waals surface area contributed by atoms with Crippen molar-refractivity contribution in [1.82, 2.24) is 5.32 Å². The van der Waals surface area contributed by atoms with E-state index in [9.17, 15) is 60.7 Å². The lowest BCUT2D eigenvalue weighted by Gasteiger charge is -2.71. The van der Waals surface area contributed by atoms with E-state index in [1.54, 1.807) is 0 Å². The van der Waals surface area contributed by atoms with Crippen molar-refractivity contribution in [2.45, 2.75) is 256 Å². The van der Waals surface area contributed by atoms with Crippen LogP contribution in [0.4, 0.5) is 0 Å². The number of ether oxygens (including phenoxy) is 8. The van der Waals surface area contributed by atoms with Crippen LogP contribution in [0.5, 0.6) is 0 Å². The van der Waals surface area contributed by atoms with Crippen molar-refractivity contribution in [2.24, 2.45) is 50.2 Å². The number of aliphatic hydroxyl groups is 10. The molecule has 76 heavy (non-hydrogen) atoms. The number of esters is 1. The van der Waals surface area contributed by atoms with E-state index in [0.29, 0.717) is 19.3 Å². The zero-order valence-electron chi connectivity index (χ0n) is 45.9. The van der Waals surface area contributed by atoms with E-state index < -0.39 is 152 Å². The Hall–Kier alpha value is -2.00. The van der Waals surface area contributed by atoms with Crippen LogP contribution in [0.1, 0.15) is 133 Å². The average molecular weight is 1080 g/mol. The molecule has 5 aliphatic carbocycles. The van der Waals surface area contributed by atoms with Crippen molar-refractivity contribution in [2.75, 3.05) is 13.2 Å². The van der Waals surface area contributed by atoms with E-state index in [2.05, 4.69) is 59.9 Å². The van der Waals surface area contributed by atoms with Crippen LogP contribution < -0.4 is 5.32 Å². The van der Waals surface area contributed by atoms with Gasteiger partial charge in [0.05, 0.1) is 36.9 Å². The van der Waals surface area contributed by atoms with Crippen molar-refractivity contribution in [3.8, 4) is 0 Å². The van der Waals surface area contributed by atoms with Gasteiger partial charge in [-0.05, 0) is 123 Å². The molecule has 0 aromatic carbocycles. The van der Waals surface area contributed by atoms with Gasteiger partial charge in [0.15, 0.2) is 18.9 Å². The van der Waals surface area contributed by atoms with Gasteiger partial charge in [0.2, 0.25) is 12.2 Å². The molecule has 4 heterocycles. The normalized spacial score (nSPS) is 52.9. The smallest absolute Gasteiger partial charge is 0.315 e. The van der Waals surface area contributed by atoms with E-state index in [1.807, 2.05) is 0 Å². The lowest BCUT2D eigenvalue weighted by molar-refractivity contribution is -0.360. The Labute approximate surface area is 445 Å². The second-order valence-electron chi connectivity index (χ2n) is 26.6. The highest BCUT2D eigenvalue weighted by Gasteiger charge is 2.70. The first kappa shape index (κ1) is 58.6. The molecule has 4 saturated carbocycles. The van der Waals surface area contributed by atoms with Gasteiger partial charge in [-0.2, -0.15) is 0 Å². The molecule has 0 spiro atoms. The van der Waals surface area contributed by atoms with Gasteiger partial charge in [-0.1, -0.05) is 60.1 Å². The maximum atomic E-state index is 14.6. The highest BCUT2D eigenvalue weighted by atomic mass is 16.7. The lowest BCUT2D eigenvalue weighted by atomic mass is 9.33. The van der Waals surface area contributed by atoms with Crippen LogP contribution in [0, 0.1) is 50.2 Å². The summed E-state index contributed by atoms with van der Waals surface area (Å²) >= 11 is 0. The molecule has 9 rings (SSSR count). The fraction of sp³-hybridized carbons (Fsp3) is 0.927. The Balaban J connectivity index is 0.909. The summed E-state index contributed by atoms with van der Waals surface area (Å²) < 4.78 is 48.2. The van der Waals surface area contributed by atoms with Crippen LogP contribution in [-0.2, 0) is 47.5 Å². The Morgan fingerprint density at radius 1 is 0.658 bits per heavy atom. The molecular formula is C55H89NO20. The van der Waals surface area contributed by atoms with Crippen LogP contribution in [-0.4, -0.2) is 199 Å². The molecule has 0 aromatic heterocycles. The molecule has 8 fully saturated rings. The van der Waals surface area contributed by atoms with Gasteiger partial charge in [-0.25, -0.2) is 0 Å². The van der Waals surface area contributed by atoms with Crippen molar-refractivity contribution >= 4 is 11.9 Å². The number of nitrogens with one attached hydrogen (secondary N) is 1. The summed E-state index contributed by atoms with van der Waals surface area (Å²) in [4.78, 5) is 27.3. The number of aliphatic hydroxyl groups excluding tert-OH is 10. The van der Waals surface area contributed by atoms with Gasteiger partial charge in [0, 0.05) is 6.92 Å². The third kappa shape index (κ3) is 9.74. The molecule has 4 aliphatic heterocycles. The number of rotatable bonds is 10. The summed E-state index contributed by atoms with van der Waals surface area (Å²) in [5, 5.41) is 111. The minimum atomic E-state index is -1.72. The summed E-state index contributed by atoms with van der Waals surface area (Å²) in [7, 11) is 0. The minimum Gasteiger partial charge on any atom is -0.432 e. The van der Waals surface area contributed by atoms with E-state index in [1.165, 1.54) is 26.3 Å². The topological polar surface area (TPSA) is 322 Å². The molecule has 0 bridgehead atoms. The number of amides is 1. The van der Waals surface area contributed by atoms with E-state index >= 15 is 0 Å². The lowest BCUT2D eigenvalue weighted by Crippen LogP contribution is -2.67. The first-order valence-electron chi connectivity index (χ1n) is 27.9. The molecule has 11 N–H and O–H groups in total. The predicted molar refractivity (Wildman–Crippen MR) is 266 cm³/mol. The van der Waals surface area contributed by atoms with Gasteiger partial charge in [0.25, 0.3) is 0 Å². The first-order chi connectivity index (χ1) is 35.4. The Bertz CT molecular complexity index is 2150. The summed E-state index contributed by atoms with van der Waals surface area (Å²) in [5.74, 6) is -0.559. The van der Waals surface area contributed by atoms with Gasteiger partial charge in [0.1, 0.15) is 79.3 Å². The second-order valence-corrected chi connectivity index (χ2v) is 26.6. The van der Waals surface area contributed by atoms with Gasteiger partial charge in [-0.3, -0.25) is 9.59 Å². The highest BCUT2D eigenvalue weighted by Crippen LogP contribution is 2.76. The van der Waals surface area contributed by atoms with Crippen LogP contribution in [0.3, 0.4) is 0 Å². The highest BCUT2D eigenvalue weighted by molar-refractivity contribution is 5.79. The van der Waals surface area contributed by atoms with Crippen LogP contribution in [0.25, 0.3) is 0 Å². The Kier molecular flexibility index (Phi) is 16.3. The van der Waals surface area contributed by atoms with E-state index in [4.69, 9.17) is 37.9 Å². The standard InChI is InChI=1S/C55H89NO20/c1-24-35(59)40(64)42(66)48(72-24)75-44-36(60)25(2)71-47(43(44)67)70-23-30-38(62)39(63)34(56-26(3)57)45(73-30)74-33-14-15-52(8)31(51(33,6)7)13-16-54(10)32(52)12-11-27-28-21-50(4,5)17-19-55(28,20-18-53(27,54)9)49(68)76-46-41(65)37(61)29(58)22-69-46/h11,24-25,28-48,58-67H,12-23H2,1-10H3,(H,56,57)/t24?,25?,28-,29?,30+,31?,32?,33-,34+,35?,36?,37?,38+,39+,40?,41?,42?,43?,44?,45-,46?,47?,48?,52-,53+,54+,55-/m0/s1. The van der Waals surface area contributed by atoms with E-state index in [-0.39, 0.29) is 46.0 Å². The third-order valence-electron chi connectivity index (χ3n) is 21.3. The number of fused-ring (bicyclic) bond motifs is 7. The number of carbonyl (C=O) groups excluding carboxylic acids is 2. The van der Waals surface area contributed by atoms with Crippen molar-refractivity contribution in [3.63, 3.8) is 0 Å². The number of hydrogen-bond donors (Lipinski definition) is 11. The van der Waals surface area contributed by atoms with Crippen LogP contribution >= 0.6 is 0 Å². The van der Waals surface area contributed by atoms with Gasteiger partial charge in [-0.15, -0.1) is 0 Å². The van der Waals surface area contributed by atoms with E-state index in [0.717, 1.165) is 44.9 Å². The monoisotopic (exact) mass is 1080 g/mol. The van der Waals surface area contributed by atoms with Crippen LogP contribution in [0.2, 0.25) is 0 Å². The zero-order valence-corrected chi connectivity index (χ0v) is 45.9. The molecule has 0 radical (unpaired) electrons. The SMILES string of the molecule is CC(=O)N[C@H]1[C@H](O[C@H]2CC[C@@]3(C)C(CC[C@]4(C)C3CC=C3[C@@H]5CC(C)(C)CC[C@]5(C(=O)OC5OCC(O)C(O)C5O)CC[C@]34C)C2(C)C)O[C@H](COC2OC(C)C(O)C(OC3OC(C)C(O)C(O)C3O)C2O)[C@@H](O)[C@@H]1O. The molecule has 16 unspecified atom stereocenters.